The fraction of sp³-hybridized carbons (Fsp3) is 0. The molecule has 0 atom stereocenters. The van der Waals surface area contributed by atoms with Crippen LogP contribution in [-0.2, 0) is 0 Å². The van der Waals surface area contributed by atoms with Gasteiger partial charge in [0.1, 0.15) is 0 Å². The molecule has 0 fully saturated rings. The van der Waals surface area contributed by atoms with E-state index in [2.05, 4.69) is 15.0 Å². The zero-order valence-corrected chi connectivity index (χ0v) is 9.59. The first-order valence-corrected chi connectivity index (χ1v) is 4.77. The van der Waals surface area contributed by atoms with Crippen LogP contribution < -0.4 is 0 Å². The number of fused-ring (bicyclic) bond motifs is 1. The van der Waals surface area contributed by atoms with Gasteiger partial charge in [-0.25, -0.2) is 0 Å². The maximum atomic E-state index is 4.10. The van der Waals surface area contributed by atoms with Gasteiger partial charge in [0, 0.05) is 0 Å². The maximum absolute atomic E-state index is 4.10. The Balaban J connectivity index is 2.93. The van der Waals surface area contributed by atoms with Gasteiger partial charge in [0.2, 0.25) is 0 Å². The van der Waals surface area contributed by atoms with Gasteiger partial charge in [-0.05, 0) is 0 Å². The van der Waals surface area contributed by atoms with Crippen LogP contribution in [0, 0.1) is 0 Å². The van der Waals surface area contributed by atoms with Gasteiger partial charge >= 0.3 is 73.4 Å². The van der Waals surface area contributed by atoms with Crippen molar-refractivity contribution in [1.82, 2.24) is 17.3 Å². The summed E-state index contributed by atoms with van der Waals surface area (Å²) in [6.07, 6.45) is 5.06. The Hall–Kier alpha value is -0.528. The summed E-state index contributed by atoms with van der Waals surface area (Å²) in [5.74, 6) is 0. The van der Waals surface area contributed by atoms with Crippen LogP contribution in [0.1, 0.15) is 0 Å². The third-order valence-corrected chi connectivity index (χ3v) is 2.71. The molecule has 2 aromatic rings. The molecule has 48 valence electrons. The number of nitrogens with zero attached hydrogens (tertiary/aromatic N) is 4. The van der Waals surface area contributed by atoms with E-state index in [9.17, 15) is 0 Å². The van der Waals surface area contributed by atoms with Crippen LogP contribution in [0.2, 0.25) is 0 Å². The van der Waals surface area contributed by atoms with E-state index in [0.717, 1.165) is 37.2 Å². The fourth-order valence-corrected chi connectivity index (χ4v) is 1.82. The van der Waals surface area contributed by atoms with Gasteiger partial charge in [-0.2, -0.15) is 0 Å². The molecule has 0 aliphatic heterocycles. The summed E-state index contributed by atoms with van der Waals surface area (Å²) < 4.78 is 2.02. The topological polar surface area (TPSA) is 43.6 Å². The van der Waals surface area contributed by atoms with Crippen LogP contribution in [0.15, 0.2) is 18.9 Å². The van der Waals surface area contributed by atoms with Crippen molar-refractivity contribution < 1.29 is 0 Å². The predicted octanol–water partition coefficient (Wildman–Crippen LogP) is -0.510. The van der Waals surface area contributed by atoms with Crippen LogP contribution in [0.4, 0.5) is 0 Å². The van der Waals surface area contributed by atoms with Crippen LogP contribution in [0.5, 0.6) is 0 Å². The Morgan fingerprint density at radius 1 is 1.40 bits per heavy atom. The van der Waals surface area contributed by atoms with Gasteiger partial charge in [-0.1, -0.05) is 0 Å². The quantitative estimate of drug-likeness (QED) is 0.612. The Morgan fingerprint density at radius 3 is 3.10 bits per heavy atom. The molecule has 5 heteroatoms. The second-order valence-electron chi connectivity index (χ2n) is 1.88. The molecule has 0 amide bonds. The van der Waals surface area contributed by atoms with Crippen LogP contribution in [-0.4, -0.2) is 43.4 Å². The van der Waals surface area contributed by atoms with Crippen molar-refractivity contribution in [3.63, 3.8) is 0 Å². The van der Waals surface area contributed by atoms with Crippen molar-refractivity contribution >= 4 is 37.2 Å². The monoisotopic (exact) mass is 328 g/mol. The van der Waals surface area contributed by atoms with Crippen molar-refractivity contribution in [2.24, 2.45) is 0 Å². The van der Waals surface area contributed by atoms with Crippen molar-refractivity contribution in [2.75, 3.05) is 0 Å². The van der Waals surface area contributed by atoms with E-state index in [0.29, 0.717) is 0 Å². The summed E-state index contributed by atoms with van der Waals surface area (Å²) in [7, 11) is 0. The summed E-state index contributed by atoms with van der Waals surface area (Å²) in [6, 6.07) is 0. The predicted molar refractivity (Wildman–Crippen MR) is 37.9 cm³/mol. The first-order chi connectivity index (χ1) is 4.88. The number of hydrogen-bond acceptors (Lipinski definition) is 3. The summed E-state index contributed by atoms with van der Waals surface area (Å²) in [6.45, 7) is 0. The number of aromatic nitrogens is 4. The second-order valence-corrected chi connectivity index (χ2v) is 4.05. The first kappa shape index (κ1) is 6.20. The molecule has 2 rings (SSSR count). The van der Waals surface area contributed by atoms with E-state index in [1.54, 1.807) is 18.9 Å². The Bertz CT molecular complexity index is 355. The third-order valence-electron chi connectivity index (χ3n) is 1.24. The summed E-state index contributed by atoms with van der Waals surface area (Å²) in [4.78, 5) is 12.0. The molecular formula is C5H4N4Pb. The van der Waals surface area contributed by atoms with E-state index < -0.39 is 0 Å². The summed E-state index contributed by atoms with van der Waals surface area (Å²) in [5.41, 5.74) is 1.82. The molecule has 0 saturated carbocycles. The van der Waals surface area contributed by atoms with Gasteiger partial charge in [0.15, 0.2) is 0 Å². The van der Waals surface area contributed by atoms with Gasteiger partial charge in [0.25, 0.3) is 0 Å². The second kappa shape index (κ2) is 2.26. The first-order valence-electron chi connectivity index (χ1n) is 2.76. The molecule has 0 aliphatic carbocycles. The Labute approximate surface area is 73.4 Å². The zero-order chi connectivity index (χ0) is 6.97. The van der Waals surface area contributed by atoms with Crippen molar-refractivity contribution in [2.45, 2.75) is 0 Å². The SMILES string of the molecule is [PbH][n]1cnc2cncnc21. The minimum absolute atomic E-state index is 0.727. The summed E-state index contributed by atoms with van der Waals surface area (Å²) >= 11 is 0.727. The molecule has 0 aliphatic rings. The van der Waals surface area contributed by atoms with Crippen LogP contribution in [0.25, 0.3) is 11.2 Å². The standard InChI is InChI=1S/C5H3N4.Pb.H/c1-4-5(8-2-6-1)9-3-7-4;;/h1-3H;;/q-1;+1;. The number of rotatable bonds is 0. The average molecular weight is 327 g/mol. The zero-order valence-electron chi connectivity index (χ0n) is 5.10. The molecule has 0 bridgehead atoms. The van der Waals surface area contributed by atoms with Gasteiger partial charge in [-0.3, -0.25) is 0 Å². The van der Waals surface area contributed by atoms with Gasteiger partial charge in [0.05, 0.1) is 0 Å². The molecule has 0 aromatic carbocycles. The number of hydrogen-bond donors (Lipinski definition) is 0. The molecule has 0 N–H and O–H groups in total. The molecule has 4 nitrogen and oxygen atoms in total. The van der Waals surface area contributed by atoms with Crippen molar-refractivity contribution in [3.05, 3.63) is 18.9 Å². The molecule has 0 unspecified atom stereocenters. The molecule has 2 radical (unpaired) electrons. The van der Waals surface area contributed by atoms with Crippen molar-refractivity contribution in [1.29, 1.82) is 0 Å². The van der Waals surface area contributed by atoms with E-state index in [-0.39, 0.29) is 0 Å². The normalized spacial score (nSPS) is 10.5. The fourth-order valence-electron chi connectivity index (χ4n) is 0.785. The van der Waals surface area contributed by atoms with E-state index in [1.807, 2.05) is 2.38 Å². The van der Waals surface area contributed by atoms with Crippen LogP contribution >= 0.6 is 0 Å². The molecule has 0 saturated heterocycles. The number of imidazole rings is 1. The third kappa shape index (κ3) is 0.825. The Morgan fingerprint density at radius 2 is 2.30 bits per heavy atom. The minimum atomic E-state index is 0.727. The molecule has 10 heavy (non-hydrogen) atoms. The van der Waals surface area contributed by atoms with Gasteiger partial charge < -0.3 is 0 Å². The Kier molecular flexibility index (Phi) is 1.40. The van der Waals surface area contributed by atoms with E-state index in [1.165, 1.54) is 0 Å². The molecular weight excluding hydrogens is 323 g/mol. The molecule has 2 aromatic heterocycles. The van der Waals surface area contributed by atoms with E-state index in [4.69, 9.17) is 0 Å². The summed E-state index contributed by atoms with van der Waals surface area (Å²) in [5, 5.41) is 0. The molecule has 0 spiro atoms. The van der Waals surface area contributed by atoms with E-state index >= 15 is 0 Å². The van der Waals surface area contributed by atoms with Gasteiger partial charge in [-0.15, -0.1) is 0 Å². The average Bonchev–Trinajstić information content (AvgIpc) is 2.34. The molecule has 2 heterocycles. The van der Waals surface area contributed by atoms with Crippen molar-refractivity contribution in [3.8, 4) is 0 Å². The van der Waals surface area contributed by atoms with Crippen LogP contribution in [0.3, 0.4) is 0 Å².